The average molecular weight is 170 g/mol. The van der Waals surface area contributed by atoms with E-state index in [2.05, 4.69) is 4.98 Å². The molecule has 0 saturated heterocycles. The minimum Gasteiger partial charge on any atom is -0.326 e. The van der Waals surface area contributed by atoms with E-state index in [9.17, 15) is 13.6 Å². The first kappa shape index (κ1) is 7.02. The Kier molecular flexibility index (Phi) is 1.27. The van der Waals surface area contributed by atoms with Gasteiger partial charge in [0.25, 0.3) is 5.56 Å². The molecular weight excluding hydrogens is 166 g/mol. The molecule has 0 spiro atoms. The minimum absolute atomic E-state index is 0.0347. The summed E-state index contributed by atoms with van der Waals surface area (Å²) in [5, 5.41) is 0. The second-order valence-electron chi connectivity index (χ2n) is 2.33. The molecule has 0 amide bonds. The highest BCUT2D eigenvalue weighted by Gasteiger charge is 2.10. The Morgan fingerprint density at radius 2 is 2.17 bits per heavy atom. The smallest absolute Gasteiger partial charge is 0.272 e. The topological polar surface area (TPSA) is 37.3 Å². The van der Waals surface area contributed by atoms with Crippen LogP contribution in [-0.4, -0.2) is 9.38 Å². The molecule has 62 valence electrons. The van der Waals surface area contributed by atoms with Crippen molar-refractivity contribution in [1.29, 1.82) is 0 Å². The summed E-state index contributed by atoms with van der Waals surface area (Å²) in [6.45, 7) is 0. The molecule has 5 heteroatoms. The first-order chi connectivity index (χ1) is 5.70. The Morgan fingerprint density at radius 1 is 1.42 bits per heavy atom. The molecule has 0 aliphatic rings. The quantitative estimate of drug-likeness (QED) is 0.626. The number of H-pyrrole nitrogens is 1. The largest absolute Gasteiger partial charge is 0.326 e. The number of hydrogen-bond acceptors (Lipinski definition) is 1. The van der Waals surface area contributed by atoms with E-state index in [1.807, 2.05) is 0 Å². The molecule has 2 aromatic heterocycles. The van der Waals surface area contributed by atoms with Crippen molar-refractivity contribution >= 4 is 5.52 Å². The van der Waals surface area contributed by atoms with Crippen molar-refractivity contribution in [2.75, 3.05) is 0 Å². The van der Waals surface area contributed by atoms with Gasteiger partial charge < -0.3 is 4.98 Å². The molecule has 1 N–H and O–H groups in total. The summed E-state index contributed by atoms with van der Waals surface area (Å²) in [7, 11) is 0. The number of hydrogen-bond donors (Lipinski definition) is 1. The Labute approximate surface area is 65.3 Å². The number of nitrogens with zero attached hydrogens (tertiary/aromatic N) is 1. The van der Waals surface area contributed by atoms with Crippen LogP contribution in [0.3, 0.4) is 0 Å². The summed E-state index contributed by atoms with van der Waals surface area (Å²) in [5.74, 6) is -2.07. The van der Waals surface area contributed by atoms with E-state index in [1.54, 1.807) is 0 Å². The lowest BCUT2D eigenvalue weighted by Crippen LogP contribution is -2.07. The molecule has 0 aromatic carbocycles. The lowest BCUT2D eigenvalue weighted by molar-refractivity contribution is 0.481. The molecule has 0 unspecified atom stereocenters. The van der Waals surface area contributed by atoms with Gasteiger partial charge in [0.15, 0.2) is 5.82 Å². The van der Waals surface area contributed by atoms with E-state index in [4.69, 9.17) is 0 Å². The van der Waals surface area contributed by atoms with Crippen molar-refractivity contribution in [3.63, 3.8) is 0 Å². The first-order valence-corrected chi connectivity index (χ1v) is 3.24. The zero-order valence-corrected chi connectivity index (χ0v) is 5.84. The van der Waals surface area contributed by atoms with E-state index in [-0.39, 0.29) is 5.52 Å². The van der Waals surface area contributed by atoms with Gasteiger partial charge in [-0.3, -0.25) is 9.20 Å². The van der Waals surface area contributed by atoms with Crippen molar-refractivity contribution < 1.29 is 8.78 Å². The van der Waals surface area contributed by atoms with Gasteiger partial charge in [-0.1, -0.05) is 0 Å². The molecule has 3 nitrogen and oxygen atoms in total. The van der Waals surface area contributed by atoms with Gasteiger partial charge in [-0.05, 0) is 0 Å². The third-order valence-electron chi connectivity index (χ3n) is 1.60. The molecule has 12 heavy (non-hydrogen) atoms. The third kappa shape index (κ3) is 0.761. The molecule has 2 aromatic rings. The van der Waals surface area contributed by atoms with E-state index in [0.717, 1.165) is 10.5 Å². The molecule has 0 saturated carbocycles. The van der Waals surface area contributed by atoms with Crippen LogP contribution in [0.25, 0.3) is 5.52 Å². The van der Waals surface area contributed by atoms with Gasteiger partial charge in [0.2, 0.25) is 5.95 Å². The Hall–Kier alpha value is -1.65. The van der Waals surface area contributed by atoms with Crippen LogP contribution in [0.5, 0.6) is 0 Å². The van der Waals surface area contributed by atoms with Gasteiger partial charge in [-0.2, -0.15) is 4.39 Å². The fraction of sp³-hybridized carbons (Fsp3) is 0. The lowest BCUT2D eigenvalue weighted by atomic mass is 10.5. The van der Waals surface area contributed by atoms with Gasteiger partial charge in [0.05, 0.1) is 0 Å². The predicted octanol–water partition coefficient (Wildman–Crippen LogP) is 0.906. The molecule has 0 aliphatic heterocycles. The van der Waals surface area contributed by atoms with Crippen LogP contribution in [0, 0.1) is 11.8 Å². The van der Waals surface area contributed by atoms with Gasteiger partial charge in [0.1, 0.15) is 5.52 Å². The van der Waals surface area contributed by atoms with Crippen molar-refractivity contribution in [1.82, 2.24) is 9.38 Å². The van der Waals surface area contributed by atoms with Crippen molar-refractivity contribution in [3.05, 3.63) is 40.6 Å². The van der Waals surface area contributed by atoms with E-state index in [0.29, 0.717) is 0 Å². The Balaban J connectivity index is 3.05. The highest BCUT2D eigenvalue weighted by molar-refractivity contribution is 5.45. The van der Waals surface area contributed by atoms with Crippen molar-refractivity contribution in [2.45, 2.75) is 0 Å². The molecular formula is C7H4F2N2O. The molecule has 0 atom stereocenters. The summed E-state index contributed by atoms with van der Waals surface area (Å²) < 4.78 is 26.2. The zero-order valence-electron chi connectivity index (χ0n) is 5.84. The maximum Gasteiger partial charge on any atom is 0.272 e. The SMILES string of the molecule is O=c1[nH]ccn2c(F)c(F)cc12. The van der Waals surface area contributed by atoms with E-state index >= 15 is 0 Å². The van der Waals surface area contributed by atoms with Gasteiger partial charge >= 0.3 is 0 Å². The standard InChI is InChI=1S/C7H4F2N2O/c8-4-3-5-7(12)10-1-2-11(5)6(4)9/h1-3H,(H,10,12). The van der Waals surface area contributed by atoms with Crippen LogP contribution in [0.1, 0.15) is 0 Å². The fourth-order valence-corrected chi connectivity index (χ4v) is 1.05. The van der Waals surface area contributed by atoms with Crippen LogP contribution in [0.2, 0.25) is 0 Å². The number of fused-ring (bicyclic) bond motifs is 1. The maximum atomic E-state index is 12.8. The number of halogens is 2. The second-order valence-corrected chi connectivity index (χ2v) is 2.33. The highest BCUT2D eigenvalue weighted by atomic mass is 19.2. The Bertz CT molecular complexity index is 486. The predicted molar refractivity (Wildman–Crippen MR) is 37.9 cm³/mol. The second kappa shape index (κ2) is 2.17. The lowest BCUT2D eigenvalue weighted by Gasteiger charge is -1.90. The summed E-state index contributed by atoms with van der Waals surface area (Å²) in [6, 6.07) is 0.855. The van der Waals surface area contributed by atoms with Crippen LogP contribution in [0.4, 0.5) is 8.78 Å². The molecule has 0 radical (unpaired) electrons. The highest BCUT2D eigenvalue weighted by Crippen LogP contribution is 2.08. The third-order valence-corrected chi connectivity index (χ3v) is 1.60. The van der Waals surface area contributed by atoms with Crippen molar-refractivity contribution in [2.24, 2.45) is 0 Å². The summed E-state index contributed by atoms with van der Waals surface area (Å²) in [5.41, 5.74) is -0.548. The summed E-state index contributed by atoms with van der Waals surface area (Å²) in [4.78, 5) is 13.2. The van der Waals surface area contributed by atoms with Gasteiger partial charge in [0, 0.05) is 18.5 Å². The van der Waals surface area contributed by atoms with E-state index in [1.165, 1.54) is 12.4 Å². The molecule has 0 fully saturated rings. The van der Waals surface area contributed by atoms with Crippen LogP contribution in [-0.2, 0) is 0 Å². The fourth-order valence-electron chi connectivity index (χ4n) is 1.05. The molecule has 2 rings (SSSR count). The van der Waals surface area contributed by atoms with Crippen molar-refractivity contribution in [3.8, 4) is 0 Å². The van der Waals surface area contributed by atoms with Crippen LogP contribution in [0.15, 0.2) is 23.3 Å². The van der Waals surface area contributed by atoms with E-state index < -0.39 is 17.3 Å². The van der Waals surface area contributed by atoms with Crippen LogP contribution >= 0.6 is 0 Å². The maximum absolute atomic E-state index is 12.8. The molecule has 0 aliphatic carbocycles. The number of nitrogens with one attached hydrogen (secondary N) is 1. The zero-order chi connectivity index (χ0) is 8.72. The monoisotopic (exact) mass is 170 g/mol. The van der Waals surface area contributed by atoms with Gasteiger partial charge in [-0.25, -0.2) is 4.39 Å². The first-order valence-electron chi connectivity index (χ1n) is 3.24. The number of rotatable bonds is 0. The normalized spacial score (nSPS) is 10.8. The Morgan fingerprint density at radius 3 is 2.83 bits per heavy atom. The summed E-state index contributed by atoms with van der Waals surface area (Å²) >= 11 is 0. The summed E-state index contributed by atoms with van der Waals surface area (Å²) in [6.07, 6.45) is 2.49. The average Bonchev–Trinajstić information content (AvgIpc) is 2.32. The molecule has 0 bridgehead atoms. The molecule has 2 heterocycles. The number of aromatic amines is 1. The van der Waals surface area contributed by atoms with Gasteiger partial charge in [-0.15, -0.1) is 0 Å². The minimum atomic E-state index is -1.05. The number of aromatic nitrogens is 2. The van der Waals surface area contributed by atoms with Crippen LogP contribution < -0.4 is 5.56 Å².